The zero-order chi connectivity index (χ0) is 13.8. The minimum Gasteiger partial charge on any atom is -0.369 e. The van der Waals surface area contributed by atoms with Crippen molar-refractivity contribution in [3.05, 3.63) is 11.8 Å². The number of hydrazine groups is 1. The molecule has 1 aromatic heterocycles. The number of nitrogens with zero attached hydrogens (tertiary/aromatic N) is 2. The van der Waals surface area contributed by atoms with Gasteiger partial charge < -0.3 is 10.6 Å². The molecule has 1 heterocycles. The Bertz CT molecular complexity index is 432. The fraction of sp³-hybridized carbons (Fsp3) is 0.545. The van der Waals surface area contributed by atoms with E-state index in [1.807, 2.05) is 20.8 Å². The van der Waals surface area contributed by atoms with Gasteiger partial charge in [-0.25, -0.2) is 10.8 Å². The van der Waals surface area contributed by atoms with Gasteiger partial charge in [-0.05, 0) is 20.8 Å². The SMILES string of the molecule is CNC(=O)C(C)(C)CNc1nc(NN)ncc1C. The Balaban J connectivity index is 2.77. The van der Waals surface area contributed by atoms with Crippen LogP contribution in [0.2, 0.25) is 0 Å². The van der Waals surface area contributed by atoms with Crippen LogP contribution in [-0.2, 0) is 4.79 Å². The Kier molecular flexibility index (Phi) is 4.43. The van der Waals surface area contributed by atoms with Crippen LogP contribution in [0.5, 0.6) is 0 Å². The molecule has 0 aliphatic carbocycles. The summed E-state index contributed by atoms with van der Waals surface area (Å²) in [5.74, 6) is 6.22. The molecule has 0 unspecified atom stereocenters. The van der Waals surface area contributed by atoms with Crippen molar-refractivity contribution >= 4 is 17.7 Å². The van der Waals surface area contributed by atoms with E-state index in [0.29, 0.717) is 18.3 Å². The average Bonchev–Trinajstić information content (AvgIpc) is 2.36. The summed E-state index contributed by atoms with van der Waals surface area (Å²) >= 11 is 0. The van der Waals surface area contributed by atoms with Gasteiger partial charge in [-0.3, -0.25) is 10.2 Å². The number of nitrogens with one attached hydrogen (secondary N) is 3. The van der Waals surface area contributed by atoms with Crippen LogP contribution in [-0.4, -0.2) is 29.5 Å². The van der Waals surface area contributed by atoms with Crippen LogP contribution in [0.1, 0.15) is 19.4 Å². The lowest BCUT2D eigenvalue weighted by Gasteiger charge is -2.23. The number of nitrogen functional groups attached to an aromatic ring is 1. The number of carbonyl (C=O) groups is 1. The van der Waals surface area contributed by atoms with Gasteiger partial charge in [-0.15, -0.1) is 0 Å². The van der Waals surface area contributed by atoms with Crippen molar-refractivity contribution in [3.63, 3.8) is 0 Å². The molecule has 100 valence electrons. The number of aryl methyl sites for hydroxylation is 1. The third-order valence-corrected chi connectivity index (χ3v) is 2.64. The van der Waals surface area contributed by atoms with E-state index in [2.05, 4.69) is 26.0 Å². The molecule has 0 aromatic carbocycles. The molecule has 1 aromatic rings. The molecule has 0 aliphatic heterocycles. The summed E-state index contributed by atoms with van der Waals surface area (Å²) in [6.45, 7) is 6.07. The Morgan fingerprint density at radius 3 is 2.72 bits per heavy atom. The monoisotopic (exact) mass is 252 g/mol. The molecule has 0 saturated heterocycles. The van der Waals surface area contributed by atoms with Gasteiger partial charge in [0.15, 0.2) is 0 Å². The minimum absolute atomic E-state index is 0.0288. The molecule has 0 aliphatic rings. The van der Waals surface area contributed by atoms with E-state index in [0.717, 1.165) is 5.56 Å². The number of carbonyl (C=O) groups excluding carboxylic acids is 1. The predicted octanol–water partition coefficient (Wildman–Crippen LogP) is 0.255. The minimum atomic E-state index is -0.525. The van der Waals surface area contributed by atoms with Crippen LogP contribution in [0.25, 0.3) is 0 Å². The zero-order valence-electron chi connectivity index (χ0n) is 11.2. The fourth-order valence-electron chi connectivity index (χ4n) is 1.41. The van der Waals surface area contributed by atoms with Gasteiger partial charge in [0.05, 0.1) is 5.41 Å². The highest BCUT2D eigenvalue weighted by atomic mass is 16.2. The van der Waals surface area contributed by atoms with E-state index in [1.54, 1.807) is 13.2 Å². The molecule has 5 N–H and O–H groups in total. The number of anilines is 2. The van der Waals surface area contributed by atoms with Crippen molar-refractivity contribution in [1.29, 1.82) is 0 Å². The van der Waals surface area contributed by atoms with Crippen LogP contribution in [0.4, 0.5) is 11.8 Å². The van der Waals surface area contributed by atoms with Crippen molar-refractivity contribution in [3.8, 4) is 0 Å². The van der Waals surface area contributed by atoms with Gasteiger partial charge in [-0.2, -0.15) is 4.98 Å². The molecule has 0 fully saturated rings. The van der Waals surface area contributed by atoms with Crippen molar-refractivity contribution < 1.29 is 4.79 Å². The number of hydrogen-bond acceptors (Lipinski definition) is 6. The van der Waals surface area contributed by atoms with Crippen molar-refractivity contribution in [1.82, 2.24) is 15.3 Å². The van der Waals surface area contributed by atoms with Crippen LogP contribution in [0, 0.1) is 12.3 Å². The zero-order valence-corrected chi connectivity index (χ0v) is 11.2. The summed E-state index contributed by atoms with van der Waals surface area (Å²) in [4.78, 5) is 19.8. The van der Waals surface area contributed by atoms with Gasteiger partial charge in [-0.1, -0.05) is 0 Å². The molecule has 1 rings (SSSR count). The van der Waals surface area contributed by atoms with E-state index in [4.69, 9.17) is 5.84 Å². The topological polar surface area (TPSA) is 105 Å². The van der Waals surface area contributed by atoms with Crippen LogP contribution >= 0.6 is 0 Å². The van der Waals surface area contributed by atoms with Gasteiger partial charge >= 0.3 is 0 Å². The number of nitrogens with two attached hydrogens (primary N) is 1. The van der Waals surface area contributed by atoms with Crippen LogP contribution < -0.4 is 21.9 Å². The summed E-state index contributed by atoms with van der Waals surface area (Å²) in [7, 11) is 1.62. The van der Waals surface area contributed by atoms with Gasteiger partial charge in [0, 0.05) is 25.4 Å². The van der Waals surface area contributed by atoms with E-state index in [-0.39, 0.29) is 5.91 Å². The molecule has 0 spiro atoms. The van der Waals surface area contributed by atoms with E-state index in [9.17, 15) is 4.79 Å². The van der Waals surface area contributed by atoms with E-state index in [1.165, 1.54) is 0 Å². The van der Waals surface area contributed by atoms with Gasteiger partial charge in [0.2, 0.25) is 11.9 Å². The molecular weight excluding hydrogens is 232 g/mol. The molecule has 7 heteroatoms. The second-order valence-electron chi connectivity index (χ2n) is 4.69. The summed E-state index contributed by atoms with van der Waals surface area (Å²) < 4.78 is 0. The number of hydrogen-bond donors (Lipinski definition) is 4. The maximum absolute atomic E-state index is 11.6. The third kappa shape index (κ3) is 3.30. The van der Waals surface area contributed by atoms with Crippen molar-refractivity contribution in [2.45, 2.75) is 20.8 Å². The highest BCUT2D eigenvalue weighted by molar-refractivity contribution is 5.82. The number of aromatic nitrogens is 2. The maximum Gasteiger partial charge on any atom is 0.239 e. The normalized spacial score (nSPS) is 10.9. The molecule has 0 radical (unpaired) electrons. The number of rotatable bonds is 5. The van der Waals surface area contributed by atoms with Gasteiger partial charge in [0.25, 0.3) is 0 Å². The molecule has 1 amide bonds. The van der Waals surface area contributed by atoms with Crippen LogP contribution in [0.15, 0.2) is 6.20 Å². The summed E-state index contributed by atoms with van der Waals surface area (Å²) in [6.07, 6.45) is 1.66. The average molecular weight is 252 g/mol. The molecule has 0 atom stereocenters. The second kappa shape index (κ2) is 5.63. The lowest BCUT2D eigenvalue weighted by Crippen LogP contribution is -2.39. The second-order valence-corrected chi connectivity index (χ2v) is 4.69. The third-order valence-electron chi connectivity index (χ3n) is 2.64. The van der Waals surface area contributed by atoms with Crippen molar-refractivity contribution in [2.75, 3.05) is 24.3 Å². The molecule has 0 saturated carbocycles. The summed E-state index contributed by atoms with van der Waals surface area (Å²) in [5, 5.41) is 5.77. The first-order valence-corrected chi connectivity index (χ1v) is 5.67. The Morgan fingerprint density at radius 1 is 1.50 bits per heavy atom. The lowest BCUT2D eigenvalue weighted by atomic mass is 9.92. The first kappa shape index (κ1) is 14.2. The van der Waals surface area contributed by atoms with Crippen molar-refractivity contribution in [2.24, 2.45) is 11.3 Å². The Labute approximate surface area is 107 Å². The molecule has 7 nitrogen and oxygen atoms in total. The molecular formula is C11H20N6O. The van der Waals surface area contributed by atoms with E-state index < -0.39 is 5.41 Å². The highest BCUT2D eigenvalue weighted by Crippen LogP contribution is 2.18. The molecule has 18 heavy (non-hydrogen) atoms. The summed E-state index contributed by atoms with van der Waals surface area (Å²) in [6, 6.07) is 0. The van der Waals surface area contributed by atoms with Crippen LogP contribution in [0.3, 0.4) is 0 Å². The predicted molar refractivity (Wildman–Crippen MR) is 70.9 cm³/mol. The Morgan fingerprint density at radius 2 is 2.17 bits per heavy atom. The smallest absolute Gasteiger partial charge is 0.239 e. The molecule has 0 bridgehead atoms. The lowest BCUT2D eigenvalue weighted by molar-refractivity contribution is -0.128. The fourth-order valence-corrected chi connectivity index (χ4v) is 1.41. The largest absolute Gasteiger partial charge is 0.369 e. The first-order valence-electron chi connectivity index (χ1n) is 5.67. The Hall–Kier alpha value is -1.89. The first-order chi connectivity index (χ1) is 8.40. The highest BCUT2D eigenvalue weighted by Gasteiger charge is 2.26. The van der Waals surface area contributed by atoms with Gasteiger partial charge in [0.1, 0.15) is 5.82 Å². The van der Waals surface area contributed by atoms with E-state index >= 15 is 0 Å². The standard InChI is InChI=1S/C11H20N6O/c1-7-5-14-10(17-12)16-8(7)15-6-11(2,3)9(18)13-4/h5H,6,12H2,1-4H3,(H,13,18)(H2,14,15,16,17). The number of amides is 1. The maximum atomic E-state index is 11.6. The quantitative estimate of drug-likeness (QED) is 0.442. The summed E-state index contributed by atoms with van der Waals surface area (Å²) in [5.41, 5.74) is 2.75.